The van der Waals surface area contributed by atoms with Gasteiger partial charge in [0.05, 0.1) is 21.8 Å². The second-order valence-electron chi connectivity index (χ2n) is 5.12. The molecular weight excluding hydrogens is 332 g/mol. The maximum Gasteiger partial charge on any atom is 0.313 e. The Morgan fingerprint density at radius 1 is 1.30 bits per heavy atom. The fourth-order valence-corrected chi connectivity index (χ4v) is 3.22. The van der Waals surface area contributed by atoms with Gasteiger partial charge >= 0.3 is 5.97 Å². The lowest BCUT2D eigenvalue weighted by atomic mass is 10.0. The Hall–Kier alpha value is -1.98. The molecule has 0 unspecified atom stereocenters. The molecule has 3 aromatic rings. The molecule has 0 aliphatic carbocycles. The second kappa shape index (κ2) is 6.64. The highest BCUT2D eigenvalue weighted by atomic mass is 35.5. The highest BCUT2D eigenvalue weighted by Crippen LogP contribution is 2.32. The van der Waals surface area contributed by atoms with Crippen LogP contribution in [-0.2, 0) is 11.2 Å². The Morgan fingerprint density at radius 2 is 2.04 bits per heavy atom. The average molecular weight is 347 g/mol. The molecule has 0 spiro atoms. The van der Waals surface area contributed by atoms with E-state index in [1.54, 1.807) is 0 Å². The third-order valence-corrected chi connectivity index (χ3v) is 4.73. The Balaban J connectivity index is 1.97. The molecular formula is C17H15ClN2O2S. The van der Waals surface area contributed by atoms with Crippen LogP contribution in [0, 0.1) is 0 Å². The minimum atomic E-state index is -0.870. The van der Waals surface area contributed by atoms with Crippen molar-refractivity contribution >= 4 is 40.4 Å². The molecule has 0 radical (unpaired) electrons. The monoisotopic (exact) mass is 346 g/mol. The minimum Gasteiger partial charge on any atom is -0.481 e. The lowest BCUT2D eigenvalue weighted by Gasteiger charge is -2.06. The fraction of sp³-hybridized carbons (Fsp3) is 0.176. The summed E-state index contributed by atoms with van der Waals surface area (Å²) in [4.78, 5) is 18.2. The van der Waals surface area contributed by atoms with E-state index in [1.807, 2.05) is 12.1 Å². The Labute approximate surface area is 142 Å². The number of aryl methyl sites for hydroxylation is 1. The number of carboxylic acid groups (broad SMARTS) is 1. The zero-order valence-corrected chi connectivity index (χ0v) is 14.0. The number of aliphatic carboxylic acids is 1. The molecule has 4 nitrogen and oxygen atoms in total. The number of thioether (sulfide) groups is 1. The molecule has 0 aliphatic rings. The molecule has 1 aromatic heterocycles. The van der Waals surface area contributed by atoms with Gasteiger partial charge in [0.25, 0.3) is 0 Å². The van der Waals surface area contributed by atoms with Crippen LogP contribution in [0.25, 0.3) is 22.2 Å². The standard InChI is InChI=1S/C17H15ClN2O2S/c1-2-10-3-5-11(6-4-10)12-7-14-15(8-13(12)18)20-17(19-14)23-9-16(21)22/h3-8H,2,9H2,1H3,(H,19,20)(H,21,22). The minimum absolute atomic E-state index is 0.0289. The van der Waals surface area contributed by atoms with Crippen LogP contribution in [0.4, 0.5) is 0 Å². The van der Waals surface area contributed by atoms with Gasteiger partial charge in [0.15, 0.2) is 5.16 Å². The zero-order valence-electron chi connectivity index (χ0n) is 12.5. The summed E-state index contributed by atoms with van der Waals surface area (Å²) in [6.07, 6.45) is 0.997. The zero-order chi connectivity index (χ0) is 16.4. The molecule has 3 rings (SSSR count). The maximum absolute atomic E-state index is 10.6. The van der Waals surface area contributed by atoms with Gasteiger partial charge in [-0.1, -0.05) is 54.6 Å². The molecule has 0 bridgehead atoms. The van der Waals surface area contributed by atoms with Crippen molar-refractivity contribution in [1.82, 2.24) is 9.97 Å². The molecule has 118 valence electrons. The number of hydrogen-bond donors (Lipinski definition) is 2. The first kappa shape index (κ1) is 15.9. The highest BCUT2D eigenvalue weighted by Gasteiger charge is 2.11. The fourth-order valence-electron chi connectivity index (χ4n) is 2.35. The summed E-state index contributed by atoms with van der Waals surface area (Å²) >= 11 is 7.56. The number of H-pyrrole nitrogens is 1. The maximum atomic E-state index is 10.6. The van der Waals surface area contributed by atoms with Crippen LogP contribution in [0.15, 0.2) is 41.6 Å². The van der Waals surface area contributed by atoms with Gasteiger partial charge in [0.1, 0.15) is 0 Å². The van der Waals surface area contributed by atoms with Gasteiger partial charge < -0.3 is 10.1 Å². The number of rotatable bonds is 5. The largest absolute Gasteiger partial charge is 0.481 e. The van der Waals surface area contributed by atoms with Crippen molar-refractivity contribution in [2.45, 2.75) is 18.5 Å². The summed E-state index contributed by atoms with van der Waals surface area (Å²) in [5.41, 5.74) is 4.81. The number of carboxylic acids is 1. The molecule has 23 heavy (non-hydrogen) atoms. The van der Waals surface area contributed by atoms with E-state index < -0.39 is 5.97 Å². The second-order valence-corrected chi connectivity index (χ2v) is 6.50. The number of nitrogens with zero attached hydrogens (tertiary/aromatic N) is 1. The predicted octanol–water partition coefficient (Wildman–Crippen LogP) is 4.62. The topological polar surface area (TPSA) is 66.0 Å². The van der Waals surface area contributed by atoms with Crippen molar-refractivity contribution in [3.8, 4) is 11.1 Å². The summed E-state index contributed by atoms with van der Waals surface area (Å²) in [5.74, 6) is -0.899. The smallest absolute Gasteiger partial charge is 0.313 e. The molecule has 6 heteroatoms. The molecule has 0 saturated heterocycles. The van der Waals surface area contributed by atoms with Gasteiger partial charge in [0, 0.05) is 5.56 Å². The highest BCUT2D eigenvalue weighted by molar-refractivity contribution is 7.99. The first-order chi connectivity index (χ1) is 11.1. The first-order valence-electron chi connectivity index (χ1n) is 7.20. The third-order valence-electron chi connectivity index (χ3n) is 3.55. The number of benzene rings is 2. The molecule has 0 atom stereocenters. The number of fused-ring (bicyclic) bond motifs is 1. The molecule has 0 amide bonds. The Kier molecular flexibility index (Phi) is 4.59. The van der Waals surface area contributed by atoms with Crippen LogP contribution < -0.4 is 0 Å². The number of imidazole rings is 1. The van der Waals surface area contributed by atoms with E-state index in [9.17, 15) is 4.79 Å². The van der Waals surface area contributed by atoms with Crippen LogP contribution in [0.2, 0.25) is 5.02 Å². The van der Waals surface area contributed by atoms with E-state index in [2.05, 4.69) is 41.2 Å². The van der Waals surface area contributed by atoms with Crippen molar-refractivity contribution in [2.75, 3.05) is 5.75 Å². The third kappa shape index (κ3) is 3.51. The van der Waals surface area contributed by atoms with Gasteiger partial charge in [-0.15, -0.1) is 0 Å². The van der Waals surface area contributed by atoms with E-state index in [4.69, 9.17) is 16.7 Å². The first-order valence-corrected chi connectivity index (χ1v) is 8.56. The number of halogens is 1. The normalized spacial score (nSPS) is 11.0. The summed E-state index contributed by atoms with van der Waals surface area (Å²) in [7, 11) is 0. The van der Waals surface area contributed by atoms with Gasteiger partial charge in [0.2, 0.25) is 0 Å². The van der Waals surface area contributed by atoms with Crippen molar-refractivity contribution in [2.24, 2.45) is 0 Å². The lowest BCUT2D eigenvalue weighted by Crippen LogP contribution is -1.97. The molecule has 2 aromatic carbocycles. The summed E-state index contributed by atoms with van der Waals surface area (Å²) in [6, 6.07) is 12.1. The summed E-state index contributed by atoms with van der Waals surface area (Å²) in [5, 5.41) is 9.97. The number of carbonyl (C=O) groups is 1. The average Bonchev–Trinajstić information content (AvgIpc) is 2.94. The Bertz CT molecular complexity index is 859. The molecule has 0 aliphatic heterocycles. The van der Waals surface area contributed by atoms with Crippen LogP contribution in [0.5, 0.6) is 0 Å². The van der Waals surface area contributed by atoms with E-state index in [1.165, 1.54) is 5.56 Å². The van der Waals surface area contributed by atoms with Crippen LogP contribution in [0.1, 0.15) is 12.5 Å². The number of aromatic amines is 1. The van der Waals surface area contributed by atoms with Gasteiger partial charge in [-0.2, -0.15) is 0 Å². The van der Waals surface area contributed by atoms with E-state index >= 15 is 0 Å². The SMILES string of the molecule is CCc1ccc(-c2cc3nc(SCC(=O)O)[nH]c3cc2Cl)cc1. The van der Waals surface area contributed by atoms with Gasteiger partial charge in [-0.05, 0) is 29.7 Å². The summed E-state index contributed by atoms with van der Waals surface area (Å²) in [6.45, 7) is 2.12. The molecule has 0 fully saturated rings. The van der Waals surface area contributed by atoms with Crippen molar-refractivity contribution in [3.63, 3.8) is 0 Å². The predicted molar refractivity (Wildman–Crippen MR) is 94.3 cm³/mol. The van der Waals surface area contributed by atoms with Crippen molar-refractivity contribution < 1.29 is 9.90 Å². The van der Waals surface area contributed by atoms with Crippen molar-refractivity contribution in [1.29, 1.82) is 0 Å². The molecule has 2 N–H and O–H groups in total. The van der Waals surface area contributed by atoms with E-state index in [0.717, 1.165) is 40.3 Å². The van der Waals surface area contributed by atoms with E-state index in [0.29, 0.717) is 10.2 Å². The van der Waals surface area contributed by atoms with E-state index in [-0.39, 0.29) is 5.75 Å². The van der Waals surface area contributed by atoms with Gasteiger partial charge in [-0.3, -0.25) is 4.79 Å². The summed E-state index contributed by atoms with van der Waals surface area (Å²) < 4.78 is 0. The Morgan fingerprint density at radius 3 is 2.70 bits per heavy atom. The van der Waals surface area contributed by atoms with Gasteiger partial charge in [-0.25, -0.2) is 4.98 Å². The van der Waals surface area contributed by atoms with Crippen LogP contribution in [-0.4, -0.2) is 26.8 Å². The number of nitrogens with one attached hydrogen (secondary N) is 1. The number of aromatic nitrogens is 2. The quantitative estimate of drug-likeness (QED) is 0.661. The number of hydrogen-bond acceptors (Lipinski definition) is 3. The van der Waals surface area contributed by atoms with Crippen molar-refractivity contribution in [3.05, 3.63) is 47.0 Å². The molecule has 0 saturated carbocycles. The lowest BCUT2D eigenvalue weighted by molar-refractivity contribution is -0.133. The van der Waals surface area contributed by atoms with Crippen LogP contribution in [0.3, 0.4) is 0 Å². The molecule has 1 heterocycles. The van der Waals surface area contributed by atoms with Crippen LogP contribution >= 0.6 is 23.4 Å².